The summed E-state index contributed by atoms with van der Waals surface area (Å²) in [5.74, 6) is -1.53. The fourth-order valence-corrected chi connectivity index (χ4v) is 10.2. The van der Waals surface area contributed by atoms with Crippen LogP contribution in [0.4, 0.5) is 0 Å². The fraction of sp³-hybridized carbons (Fsp3) is 0.571. The molecule has 70 heavy (non-hydrogen) atoms. The van der Waals surface area contributed by atoms with Crippen LogP contribution in [0, 0.1) is 0 Å². The second kappa shape index (κ2) is 22.2. The van der Waals surface area contributed by atoms with Crippen LogP contribution in [-0.4, -0.2) is 115 Å². The van der Waals surface area contributed by atoms with Gasteiger partial charge in [0.1, 0.15) is 46.3 Å². The lowest BCUT2D eigenvalue weighted by Gasteiger charge is -2.41. The minimum Gasteiger partial charge on any atom is -0.508 e. The molecule has 0 radical (unpaired) electrons. The van der Waals surface area contributed by atoms with Crippen molar-refractivity contribution in [2.75, 3.05) is 20.7 Å². The Hall–Kier alpha value is -5.60. The van der Waals surface area contributed by atoms with Gasteiger partial charge in [-0.25, -0.2) is 4.79 Å². The lowest BCUT2D eigenvalue weighted by molar-refractivity contribution is -0.152. The first-order valence-corrected chi connectivity index (χ1v) is 25.0. The van der Waals surface area contributed by atoms with E-state index >= 15 is 0 Å². The Morgan fingerprint density at radius 1 is 0.757 bits per heavy atom. The summed E-state index contributed by atoms with van der Waals surface area (Å²) < 4.78 is 18.2. The molecule has 14 nitrogen and oxygen atoms in total. The number of methoxy groups -OCH3 is 1. The van der Waals surface area contributed by atoms with E-state index in [1.807, 2.05) is 13.8 Å². The average molecular weight is 968 g/mol. The average Bonchev–Trinajstić information content (AvgIpc) is 3.79. The zero-order chi connectivity index (χ0) is 51.4. The molecule has 2 aromatic rings. The largest absolute Gasteiger partial charge is 0.508 e. The molecule has 4 aliphatic heterocycles. The number of carbonyl (C=O) groups excluding carboxylic acids is 4. The number of phenolic OH excluding ortho intramolecular Hbond substituents is 2. The van der Waals surface area contributed by atoms with E-state index in [4.69, 9.17) is 14.2 Å². The molecule has 0 unspecified atom stereocenters. The highest BCUT2D eigenvalue weighted by Crippen LogP contribution is 2.48. The van der Waals surface area contributed by atoms with Crippen LogP contribution in [0.3, 0.4) is 0 Å². The summed E-state index contributed by atoms with van der Waals surface area (Å²) in [6.07, 6.45) is 13.7. The van der Waals surface area contributed by atoms with Crippen molar-refractivity contribution >= 4 is 23.7 Å². The van der Waals surface area contributed by atoms with Gasteiger partial charge in [0, 0.05) is 48.7 Å². The van der Waals surface area contributed by atoms with E-state index in [2.05, 4.69) is 65.8 Å². The molecule has 2 aromatic carbocycles. The molecule has 6 atom stereocenters. The topological polar surface area (TPSA) is 187 Å². The van der Waals surface area contributed by atoms with Crippen molar-refractivity contribution in [1.29, 1.82) is 0 Å². The van der Waals surface area contributed by atoms with Gasteiger partial charge in [-0.2, -0.15) is 0 Å². The summed E-state index contributed by atoms with van der Waals surface area (Å²) in [6.45, 7) is 18.1. The smallest absolute Gasteiger partial charge is 0.328 e. The van der Waals surface area contributed by atoms with E-state index in [-0.39, 0.29) is 68.3 Å². The van der Waals surface area contributed by atoms with Gasteiger partial charge < -0.3 is 49.3 Å². The van der Waals surface area contributed by atoms with Gasteiger partial charge in [0.2, 0.25) is 5.91 Å². The first-order valence-electron chi connectivity index (χ1n) is 25.0. The number of aliphatic hydroxyl groups excluding tert-OH is 2. The van der Waals surface area contributed by atoms with Crippen LogP contribution < -0.4 is 9.47 Å². The minimum absolute atomic E-state index is 0.0318. The highest BCUT2D eigenvalue weighted by Gasteiger charge is 2.48. The number of aliphatic hydroxyl groups is 2. The van der Waals surface area contributed by atoms with Crippen molar-refractivity contribution in [2.24, 2.45) is 0 Å². The number of fused-ring (bicyclic) bond motifs is 6. The van der Waals surface area contributed by atoms with Crippen LogP contribution in [0.5, 0.6) is 23.0 Å². The van der Waals surface area contributed by atoms with E-state index in [1.54, 1.807) is 11.8 Å². The number of hydrogen-bond acceptors (Lipinski definition) is 11. The summed E-state index contributed by atoms with van der Waals surface area (Å²) in [4.78, 5) is 60.1. The highest BCUT2D eigenvalue weighted by molar-refractivity contribution is 6.03. The number of allylic oxidation sites excluding steroid dienone is 8. The third-order valence-corrected chi connectivity index (χ3v) is 15.0. The first kappa shape index (κ1) is 53.7. The SMILES string of the molecule is COC(=O)[C@@H](C)N(C)C(=O)[C@H](CCCN1Cc2c(cc(O)c3c2O[C@](C)(CC/C=C(\C)CCC=C(C)C)[C@@H](O)C3)C1=O)N1Cc2c(cc(O)c3c2O[C@](C)(CC/C=C(\C)CCC=C(C)C)[C@@H](O)C3)C1=O. The molecule has 0 aromatic heterocycles. The number of rotatable bonds is 20. The molecule has 4 heterocycles. The second-order valence-corrected chi connectivity index (χ2v) is 21.0. The summed E-state index contributed by atoms with van der Waals surface area (Å²) in [5.41, 5.74) is 5.51. The van der Waals surface area contributed by atoms with Crippen molar-refractivity contribution in [3.05, 3.63) is 92.1 Å². The highest BCUT2D eigenvalue weighted by atomic mass is 16.5. The quantitative estimate of drug-likeness (QED) is 0.0733. The third-order valence-electron chi connectivity index (χ3n) is 15.0. The number of nitrogens with zero attached hydrogens (tertiary/aromatic N) is 3. The number of aromatic hydroxyl groups is 2. The predicted molar refractivity (Wildman–Crippen MR) is 269 cm³/mol. The number of esters is 1. The molecule has 0 fully saturated rings. The Morgan fingerprint density at radius 3 is 1.70 bits per heavy atom. The van der Waals surface area contributed by atoms with E-state index in [0.29, 0.717) is 65.0 Å². The Morgan fingerprint density at radius 2 is 1.23 bits per heavy atom. The summed E-state index contributed by atoms with van der Waals surface area (Å²) in [6, 6.07) is 0.750. The number of phenols is 2. The lowest BCUT2D eigenvalue weighted by atomic mass is 9.84. The summed E-state index contributed by atoms with van der Waals surface area (Å²) >= 11 is 0. The first-order chi connectivity index (χ1) is 33.0. The summed E-state index contributed by atoms with van der Waals surface area (Å²) in [5, 5.41) is 45.2. The van der Waals surface area contributed by atoms with Gasteiger partial charge >= 0.3 is 5.97 Å². The van der Waals surface area contributed by atoms with E-state index < -0.39 is 53.3 Å². The summed E-state index contributed by atoms with van der Waals surface area (Å²) in [7, 11) is 2.72. The van der Waals surface area contributed by atoms with Crippen molar-refractivity contribution in [2.45, 2.75) is 188 Å². The predicted octanol–water partition coefficient (Wildman–Crippen LogP) is 8.93. The molecule has 382 valence electrons. The number of ether oxygens (including phenoxy) is 3. The molecule has 0 aliphatic carbocycles. The lowest BCUT2D eigenvalue weighted by Crippen LogP contribution is -2.52. The van der Waals surface area contributed by atoms with E-state index in [9.17, 15) is 39.6 Å². The monoisotopic (exact) mass is 968 g/mol. The van der Waals surface area contributed by atoms with Crippen molar-refractivity contribution in [1.82, 2.24) is 14.7 Å². The van der Waals surface area contributed by atoms with Crippen LogP contribution in [-0.2, 0) is 40.3 Å². The maximum Gasteiger partial charge on any atom is 0.328 e. The zero-order valence-electron chi connectivity index (χ0n) is 43.4. The maximum absolute atomic E-state index is 14.6. The van der Waals surface area contributed by atoms with Crippen LogP contribution in [0.25, 0.3) is 0 Å². The molecule has 4 N–H and O–H groups in total. The van der Waals surface area contributed by atoms with Gasteiger partial charge in [-0.1, -0.05) is 46.6 Å². The van der Waals surface area contributed by atoms with Crippen molar-refractivity contribution in [3.8, 4) is 23.0 Å². The number of likely N-dealkylation sites (N-methyl/N-ethyl adjacent to an activating group) is 1. The van der Waals surface area contributed by atoms with E-state index in [0.717, 1.165) is 25.7 Å². The molecular formula is C56H77N3O11. The number of amides is 3. The molecule has 6 rings (SSSR count). The Labute approximate surface area is 414 Å². The molecule has 0 saturated heterocycles. The van der Waals surface area contributed by atoms with Gasteiger partial charge in [-0.3, -0.25) is 14.4 Å². The molecule has 0 spiro atoms. The normalized spacial score (nSPS) is 22.5. The Balaban J connectivity index is 1.20. The number of benzene rings is 2. The maximum atomic E-state index is 14.6. The van der Waals surface area contributed by atoms with Crippen molar-refractivity contribution < 1.29 is 53.8 Å². The van der Waals surface area contributed by atoms with Crippen LogP contribution in [0.1, 0.15) is 169 Å². The Bertz CT molecular complexity index is 2460. The molecule has 0 saturated carbocycles. The van der Waals surface area contributed by atoms with Crippen LogP contribution in [0.2, 0.25) is 0 Å². The van der Waals surface area contributed by atoms with Gasteiger partial charge in [-0.05, 0) is 139 Å². The molecule has 0 bridgehead atoms. The standard InChI is InChI=1S/C56H77N3O11/c1-33(2)17-12-19-35(5)21-14-24-55(8)47(62)29-40-45(60)27-38-42(49(40)69-55)31-58(51(38)64)26-16-23-44(53(66)57(10)37(7)54(67)68-11)59-32-43-39(52(59)65)28-46(61)41-30-48(63)56(9,70-50(41)43)25-15-22-36(6)20-13-18-34(3)4/h17-18,21-22,27-28,37,44,47-48,60-63H,12-16,19-20,23-26,29-32H2,1-11H3/b35-21+,36-22+/t37-,44+,47+,48+,55-,56-/m1/s1. The van der Waals surface area contributed by atoms with Crippen LogP contribution in [0.15, 0.2) is 58.7 Å². The molecule has 3 amide bonds. The minimum atomic E-state index is -1.10. The molecule has 14 heteroatoms. The molecule has 4 aliphatic rings. The third kappa shape index (κ3) is 11.6. The number of hydrogen-bond donors (Lipinski definition) is 4. The van der Waals surface area contributed by atoms with Crippen LogP contribution >= 0.6 is 0 Å². The van der Waals surface area contributed by atoms with Gasteiger partial charge in [0.05, 0.1) is 43.5 Å². The zero-order valence-corrected chi connectivity index (χ0v) is 43.4. The van der Waals surface area contributed by atoms with Gasteiger partial charge in [-0.15, -0.1) is 0 Å². The van der Waals surface area contributed by atoms with Gasteiger partial charge in [0.15, 0.2) is 0 Å². The molecular weight excluding hydrogens is 891 g/mol. The van der Waals surface area contributed by atoms with E-state index in [1.165, 1.54) is 58.4 Å². The van der Waals surface area contributed by atoms with Crippen molar-refractivity contribution in [3.63, 3.8) is 0 Å². The second-order valence-electron chi connectivity index (χ2n) is 21.0. The van der Waals surface area contributed by atoms with Gasteiger partial charge in [0.25, 0.3) is 11.8 Å². The number of carbonyl (C=O) groups is 4. The fourth-order valence-electron chi connectivity index (χ4n) is 10.2. The Kier molecular flexibility index (Phi) is 17.1.